The zero-order valence-electron chi connectivity index (χ0n) is 84.5. The molecule has 18 rings (SSSR count). The topological polar surface area (TPSA) is 463 Å². The molecule has 6 aromatic carbocycles. The van der Waals surface area contributed by atoms with E-state index in [1.165, 1.54) is 24.5 Å². The smallest absolute Gasteiger partial charge is 0.255 e. The number of aliphatic hydroxyl groups is 6. The minimum atomic E-state index is -1.61. The molecule has 0 spiro atoms. The van der Waals surface area contributed by atoms with E-state index in [1.807, 2.05) is 221 Å². The molecule has 0 aliphatic carbocycles. The van der Waals surface area contributed by atoms with Gasteiger partial charge in [0.1, 0.15) is 71.3 Å². The summed E-state index contributed by atoms with van der Waals surface area (Å²) in [7, 11) is 0. The Labute approximate surface area is 869 Å². The van der Waals surface area contributed by atoms with Crippen molar-refractivity contribution in [2.75, 3.05) is 32.8 Å². The molecule has 34 nitrogen and oxygen atoms in total. The molecule has 6 aliphatic rings. The molecule has 6 aromatic heterocycles. The molecule has 10 N–H and O–H groups in total. The Morgan fingerprint density at radius 2 is 0.741 bits per heavy atom. The number of rotatable bonds is 29. The number of nitrogens with one attached hydrogen (secondary N) is 4. The first kappa shape index (κ1) is 108. The number of carbonyl (C=O) groups is 10. The number of aryl methyl sites for hydroxylation is 6. The normalized spacial score (nSPS) is 20.2. The maximum Gasteiger partial charge on any atom is 0.255 e. The summed E-state index contributed by atoms with van der Waals surface area (Å²) in [4.78, 5) is 164. The molecule has 12 aromatic rings. The molecule has 6 aliphatic heterocycles. The summed E-state index contributed by atoms with van der Waals surface area (Å²) in [5.41, 5.74) is 21.7. The predicted octanol–water partition coefficient (Wildman–Crippen LogP) is 12.0. The van der Waals surface area contributed by atoms with Crippen LogP contribution >= 0.6 is 45.3 Å². The molecular weight excluding hydrogens is 1950 g/mol. The van der Waals surface area contributed by atoms with Gasteiger partial charge in [0.15, 0.2) is 0 Å². The summed E-state index contributed by atoms with van der Waals surface area (Å²) in [6, 6.07) is 44.2. The SMILES string of the molecule is Cc1cc([C@@H](C(=O)N2C[C@H](O)C[C@H]2C(=O)NCc2ccc(-c3scnc3C)cc2)C(C)C)on1.Cc1cc([C@H](C(=O)N2C[C@H](O)C[C@H]2C(=O)NCc2ccc(-c3scnc3C)cc2)C(C)C)on1.Cc1ncsc1-c1ccc(CNC(=O)[C@@H]2C[C@@](O)(CO)CN2C(=O)[C@H](C(C)C)N2Cc3ccccc3C2=O)cc1.Cc1ncsc1-c1ccc(CNC(=O)[C@@H]2[C@@H](O)[C@@H](O)CN2C(=O)[C@H](C(C)C)N2Cc3ccccc3C2=O)cc1. The summed E-state index contributed by atoms with van der Waals surface area (Å²) in [5.74, 6) is -4.10. The number of nitrogens with zero attached hydrogens (tertiary/aromatic N) is 12. The Morgan fingerprint density at radius 1 is 0.415 bits per heavy atom. The maximum atomic E-state index is 14.0. The van der Waals surface area contributed by atoms with Crippen molar-refractivity contribution in [3.8, 4) is 41.8 Å². The van der Waals surface area contributed by atoms with Gasteiger partial charge in [0.25, 0.3) is 11.8 Å². The van der Waals surface area contributed by atoms with Crippen LogP contribution in [0.2, 0.25) is 0 Å². The number of hydrogen-bond donors (Lipinski definition) is 10. The van der Waals surface area contributed by atoms with E-state index >= 15 is 0 Å². The van der Waals surface area contributed by atoms with Crippen molar-refractivity contribution in [2.45, 2.75) is 234 Å². The Balaban J connectivity index is 0.000000147. The Kier molecular flexibility index (Phi) is 34.7. The highest BCUT2D eigenvalue weighted by atomic mass is 32.1. The third-order valence-electron chi connectivity index (χ3n) is 27.6. The van der Waals surface area contributed by atoms with Crippen LogP contribution < -0.4 is 21.3 Å². The molecule has 4 fully saturated rings. The van der Waals surface area contributed by atoms with Crippen LogP contribution in [0.3, 0.4) is 0 Å². The second kappa shape index (κ2) is 47.3. The zero-order valence-corrected chi connectivity index (χ0v) is 87.8. The fourth-order valence-electron chi connectivity index (χ4n) is 19.9. The Hall–Kier alpha value is -13.3. The first-order chi connectivity index (χ1) is 70.3. The summed E-state index contributed by atoms with van der Waals surface area (Å²) in [6.07, 6.45) is -3.88. The van der Waals surface area contributed by atoms with Crippen LogP contribution in [-0.4, -0.2) is 248 Å². The number of thiazole rings is 4. The van der Waals surface area contributed by atoms with Gasteiger partial charge in [-0.25, -0.2) is 19.9 Å². The molecule has 0 saturated carbocycles. The van der Waals surface area contributed by atoms with Gasteiger partial charge >= 0.3 is 0 Å². The zero-order chi connectivity index (χ0) is 105. The van der Waals surface area contributed by atoms with Crippen LogP contribution in [0, 0.1) is 65.2 Å². The lowest BCUT2D eigenvalue weighted by atomic mass is 9.91. The van der Waals surface area contributed by atoms with Gasteiger partial charge in [-0.1, -0.05) is 199 Å². The van der Waals surface area contributed by atoms with Gasteiger partial charge in [-0.05, 0) is 133 Å². The van der Waals surface area contributed by atoms with Crippen molar-refractivity contribution in [1.82, 2.24) is 80.9 Å². The highest BCUT2D eigenvalue weighted by Crippen LogP contribution is 2.40. The maximum absolute atomic E-state index is 14.0. The van der Waals surface area contributed by atoms with E-state index in [-0.39, 0.29) is 124 Å². The number of aliphatic hydroxyl groups excluding tert-OH is 5. The van der Waals surface area contributed by atoms with Crippen molar-refractivity contribution in [2.24, 2.45) is 23.7 Å². The van der Waals surface area contributed by atoms with Crippen LogP contribution in [0.5, 0.6) is 0 Å². The van der Waals surface area contributed by atoms with Gasteiger partial charge in [-0.3, -0.25) is 47.9 Å². The van der Waals surface area contributed by atoms with Crippen LogP contribution in [0.1, 0.15) is 186 Å². The molecule has 0 bridgehead atoms. The monoisotopic (exact) mass is 2070 g/mol. The lowest BCUT2D eigenvalue weighted by molar-refractivity contribution is -0.145. The second-order valence-electron chi connectivity index (χ2n) is 39.8. The summed E-state index contributed by atoms with van der Waals surface area (Å²) in [5, 5.41) is 81.9. The first-order valence-electron chi connectivity index (χ1n) is 49.3. The molecule has 13 atom stereocenters. The minimum absolute atomic E-state index is 0.0537. The number of fused-ring (bicyclic) bond motifs is 2. The van der Waals surface area contributed by atoms with Crippen LogP contribution in [0.25, 0.3) is 41.8 Å². The van der Waals surface area contributed by atoms with Crippen LogP contribution in [0.15, 0.2) is 189 Å². The molecule has 12 heterocycles. The lowest BCUT2D eigenvalue weighted by Crippen LogP contribution is -2.57. The third-order valence-corrected chi connectivity index (χ3v) is 31.5. The van der Waals surface area contributed by atoms with E-state index in [4.69, 9.17) is 9.05 Å². The number of carbonyl (C=O) groups excluding carboxylic acids is 10. The molecule has 38 heteroatoms. The van der Waals surface area contributed by atoms with E-state index in [1.54, 1.807) is 106 Å². The van der Waals surface area contributed by atoms with Gasteiger partial charge < -0.3 is 90.4 Å². The first-order valence-corrected chi connectivity index (χ1v) is 52.8. The number of aromatic nitrogens is 6. The number of amides is 10. The van der Waals surface area contributed by atoms with E-state index in [0.29, 0.717) is 53.7 Å². The van der Waals surface area contributed by atoms with E-state index in [2.05, 4.69) is 51.5 Å². The van der Waals surface area contributed by atoms with E-state index in [0.717, 1.165) is 97.9 Å². The molecule has 147 heavy (non-hydrogen) atoms. The number of likely N-dealkylation sites (tertiary alicyclic amines) is 4. The van der Waals surface area contributed by atoms with Crippen molar-refractivity contribution < 1.29 is 87.6 Å². The van der Waals surface area contributed by atoms with Gasteiger partial charge in [0.2, 0.25) is 47.3 Å². The lowest BCUT2D eigenvalue weighted by Gasteiger charge is -2.35. The van der Waals surface area contributed by atoms with Crippen molar-refractivity contribution in [3.63, 3.8) is 0 Å². The van der Waals surface area contributed by atoms with Gasteiger partial charge in [-0.2, -0.15) is 0 Å². The highest BCUT2D eigenvalue weighted by molar-refractivity contribution is 7.14. The van der Waals surface area contributed by atoms with Gasteiger partial charge in [0.05, 0.1) is 114 Å². The molecule has 4 saturated heterocycles. The molecular formula is C109H126N16O18S4. The quantitative estimate of drug-likeness (QED) is 0.0208. The fourth-order valence-corrected chi connectivity index (χ4v) is 23.2. The summed E-state index contributed by atoms with van der Waals surface area (Å²) >= 11 is 6.33. The average Bonchev–Trinajstić information content (AvgIpc) is 1.61. The Morgan fingerprint density at radius 3 is 1.04 bits per heavy atom. The predicted molar refractivity (Wildman–Crippen MR) is 556 cm³/mol. The van der Waals surface area contributed by atoms with Crippen LogP contribution in [0.4, 0.5) is 0 Å². The summed E-state index contributed by atoms with van der Waals surface area (Å²) in [6.45, 7) is 27.6. The largest absolute Gasteiger partial charge is 0.393 e. The van der Waals surface area contributed by atoms with Crippen molar-refractivity contribution in [3.05, 3.63) is 270 Å². The minimum Gasteiger partial charge on any atom is -0.393 e. The molecule has 10 amide bonds. The molecule has 0 unspecified atom stereocenters. The van der Waals surface area contributed by atoms with Crippen LogP contribution in [-0.2, 0) is 77.6 Å². The summed E-state index contributed by atoms with van der Waals surface area (Å²) < 4.78 is 10.8. The van der Waals surface area contributed by atoms with Gasteiger partial charge in [-0.15, -0.1) is 45.3 Å². The highest BCUT2D eigenvalue weighted by Gasteiger charge is 2.54. The van der Waals surface area contributed by atoms with E-state index in [9.17, 15) is 78.6 Å². The number of hydrogen-bond acceptors (Lipinski definition) is 28. The van der Waals surface area contributed by atoms with Crippen molar-refractivity contribution in [1.29, 1.82) is 0 Å². The van der Waals surface area contributed by atoms with Crippen molar-refractivity contribution >= 4 is 104 Å². The van der Waals surface area contributed by atoms with Gasteiger partial charge in [0, 0.05) is 94.9 Å². The standard InChI is InChI=1S/C30H34N4O5S.C29H32N4O5S.2C25H30N4O4S/c1-18(2)25(33-14-22-6-4-5-7-23(22)28(33)37)29(38)34-15-30(39,16-35)12-24(34)27(36)31-13-20-8-10-21(11-9-20)26-19(3)32-17-40-26;1-16(2)23(32-13-20-6-4-5-7-21(20)28(32)37)29(38)33-14-22(34)25(35)24(33)27(36)30-12-18-8-10-19(11-9-18)26-17(3)31-15-39-26;2*1-14(2)22(21-9-15(3)28-33-21)25(32)29-12-19(30)10-20(29)24(31)26-11-17-5-7-18(8-6-17)23-16(4)27-13-34-23/h4-11,17-18,24-25,35,39H,12-16H2,1-3H3,(H,31,36);4-11,15-16,22-25,34-35H,12-14H2,1-3H3,(H,30,36);2*5-9,13-14,19-20,22,30H,10-12H2,1-4H3,(H,26,31)/t24-,25-,30-;22-,23-,24-,25-;19-,20+,22+;19-,20+,22-/m0011/s1. The number of benzene rings is 6. The Bertz CT molecular complexity index is 6510. The average molecular weight is 2080 g/mol. The molecule has 774 valence electrons. The second-order valence-corrected chi connectivity index (χ2v) is 43.2. The van der Waals surface area contributed by atoms with E-state index < -0.39 is 108 Å². The molecule has 0 radical (unpaired) electrons. The fraction of sp³-hybridized carbons (Fsp3) is 0.413. The number of β-amino-alcohol motifs (C(OH)–C–C–N with tert-alkyl or cyclic N) is 4. The third kappa shape index (κ3) is 24.6.